The average Bonchev–Trinajstić information content (AvgIpc) is 2.97. The van der Waals surface area contributed by atoms with Crippen LogP contribution >= 0.6 is 0 Å². The predicted octanol–water partition coefficient (Wildman–Crippen LogP) is 1.93. The van der Waals surface area contributed by atoms with Gasteiger partial charge in [-0.1, -0.05) is 11.6 Å². The van der Waals surface area contributed by atoms with Crippen molar-refractivity contribution < 1.29 is 10.0 Å². The molecule has 1 aliphatic rings. The summed E-state index contributed by atoms with van der Waals surface area (Å²) in [6.45, 7) is 1.90. The third kappa shape index (κ3) is 1.61. The van der Waals surface area contributed by atoms with Crippen LogP contribution in [0.25, 0.3) is 0 Å². The smallest absolute Gasteiger partial charge is 0.273 e. The van der Waals surface area contributed by atoms with Gasteiger partial charge in [0.05, 0.1) is 11.5 Å². The van der Waals surface area contributed by atoms with Crippen molar-refractivity contribution in [3.8, 4) is 0 Å². The number of nitrogens with zero attached hydrogens (tertiary/aromatic N) is 1. The molecular weight excluding hydrogens is 194 g/mol. The molecule has 2 rings (SSSR count). The summed E-state index contributed by atoms with van der Waals surface area (Å²) in [5.41, 5.74) is 1.48. The summed E-state index contributed by atoms with van der Waals surface area (Å²) in [6, 6.07) is 5.08. The van der Waals surface area contributed by atoms with E-state index >= 15 is 0 Å². The SMILES string of the molecule is Cc1ccc([N+](=O)[O-])c(C2(CO)CC2)c1. The molecule has 15 heavy (non-hydrogen) atoms. The van der Waals surface area contributed by atoms with E-state index in [-0.39, 0.29) is 22.6 Å². The molecule has 1 N–H and O–H groups in total. The van der Waals surface area contributed by atoms with Gasteiger partial charge in [-0.05, 0) is 25.8 Å². The molecular formula is C11H13NO3. The quantitative estimate of drug-likeness (QED) is 0.608. The van der Waals surface area contributed by atoms with Crippen molar-refractivity contribution in [2.75, 3.05) is 6.61 Å². The van der Waals surface area contributed by atoms with Crippen molar-refractivity contribution in [3.05, 3.63) is 39.4 Å². The van der Waals surface area contributed by atoms with Crippen molar-refractivity contribution >= 4 is 5.69 Å². The molecule has 1 fully saturated rings. The van der Waals surface area contributed by atoms with E-state index in [0.29, 0.717) is 5.56 Å². The van der Waals surface area contributed by atoms with Gasteiger partial charge in [0.25, 0.3) is 5.69 Å². The summed E-state index contributed by atoms with van der Waals surface area (Å²) in [6.07, 6.45) is 1.68. The summed E-state index contributed by atoms with van der Waals surface area (Å²) >= 11 is 0. The van der Waals surface area contributed by atoms with Gasteiger partial charge in [0.2, 0.25) is 0 Å². The first-order valence-corrected chi connectivity index (χ1v) is 4.95. The number of hydrogen-bond acceptors (Lipinski definition) is 3. The molecule has 0 atom stereocenters. The van der Waals surface area contributed by atoms with Gasteiger partial charge in [-0.15, -0.1) is 0 Å². The normalized spacial score (nSPS) is 17.5. The second-order valence-electron chi connectivity index (χ2n) is 4.22. The van der Waals surface area contributed by atoms with Crippen molar-refractivity contribution in [1.29, 1.82) is 0 Å². The molecule has 1 aromatic rings. The highest BCUT2D eigenvalue weighted by atomic mass is 16.6. The minimum Gasteiger partial charge on any atom is -0.395 e. The molecule has 0 heterocycles. The average molecular weight is 207 g/mol. The Balaban J connectivity index is 2.53. The van der Waals surface area contributed by atoms with Gasteiger partial charge in [-0.25, -0.2) is 0 Å². The highest BCUT2D eigenvalue weighted by molar-refractivity contribution is 5.50. The highest BCUT2D eigenvalue weighted by Gasteiger charge is 2.47. The highest BCUT2D eigenvalue weighted by Crippen LogP contribution is 2.50. The largest absolute Gasteiger partial charge is 0.395 e. The van der Waals surface area contributed by atoms with Crippen LogP contribution in [-0.4, -0.2) is 16.6 Å². The zero-order valence-corrected chi connectivity index (χ0v) is 8.56. The van der Waals surface area contributed by atoms with Crippen LogP contribution in [0.15, 0.2) is 18.2 Å². The molecule has 0 saturated heterocycles. The van der Waals surface area contributed by atoms with Crippen LogP contribution in [0.2, 0.25) is 0 Å². The van der Waals surface area contributed by atoms with E-state index < -0.39 is 0 Å². The fourth-order valence-corrected chi connectivity index (χ4v) is 1.90. The van der Waals surface area contributed by atoms with Crippen LogP contribution in [0.1, 0.15) is 24.0 Å². The molecule has 4 heteroatoms. The molecule has 1 aromatic carbocycles. The molecule has 0 aromatic heterocycles. The van der Waals surface area contributed by atoms with Gasteiger partial charge in [0.1, 0.15) is 0 Å². The second kappa shape index (κ2) is 3.31. The van der Waals surface area contributed by atoms with Gasteiger partial charge in [0, 0.05) is 17.0 Å². The van der Waals surface area contributed by atoms with Crippen molar-refractivity contribution in [2.24, 2.45) is 0 Å². The van der Waals surface area contributed by atoms with E-state index in [1.54, 1.807) is 6.07 Å². The van der Waals surface area contributed by atoms with Crippen molar-refractivity contribution in [1.82, 2.24) is 0 Å². The lowest BCUT2D eigenvalue weighted by Gasteiger charge is -2.12. The molecule has 0 amide bonds. The number of rotatable bonds is 3. The summed E-state index contributed by atoms with van der Waals surface area (Å²) in [7, 11) is 0. The molecule has 80 valence electrons. The van der Waals surface area contributed by atoms with E-state index in [2.05, 4.69) is 0 Å². The number of hydrogen-bond donors (Lipinski definition) is 1. The molecule has 0 aliphatic heterocycles. The molecule has 0 spiro atoms. The van der Waals surface area contributed by atoms with Crippen LogP contribution in [-0.2, 0) is 5.41 Å². The second-order valence-corrected chi connectivity index (χ2v) is 4.22. The van der Waals surface area contributed by atoms with E-state index in [1.165, 1.54) is 6.07 Å². The monoisotopic (exact) mass is 207 g/mol. The topological polar surface area (TPSA) is 63.4 Å². The third-order valence-corrected chi connectivity index (χ3v) is 3.08. The molecule has 4 nitrogen and oxygen atoms in total. The minimum absolute atomic E-state index is 0.00269. The van der Waals surface area contributed by atoms with Crippen molar-refractivity contribution in [2.45, 2.75) is 25.2 Å². The maximum atomic E-state index is 10.8. The maximum Gasteiger partial charge on any atom is 0.273 e. The van der Waals surface area contributed by atoms with Crippen LogP contribution in [0, 0.1) is 17.0 Å². The Bertz CT molecular complexity index is 410. The van der Waals surface area contributed by atoms with E-state index in [4.69, 9.17) is 0 Å². The minimum atomic E-state index is -0.371. The summed E-state index contributed by atoms with van der Waals surface area (Å²) in [5.74, 6) is 0. The summed E-state index contributed by atoms with van der Waals surface area (Å²) in [5, 5.41) is 20.1. The Kier molecular flexibility index (Phi) is 2.23. The number of benzene rings is 1. The lowest BCUT2D eigenvalue weighted by molar-refractivity contribution is -0.385. The lowest BCUT2D eigenvalue weighted by Crippen LogP contribution is -2.14. The maximum absolute atomic E-state index is 10.8. The van der Waals surface area contributed by atoms with Crippen LogP contribution < -0.4 is 0 Å². The first kappa shape index (κ1) is 10.1. The van der Waals surface area contributed by atoms with E-state index in [1.807, 2.05) is 13.0 Å². The van der Waals surface area contributed by atoms with Gasteiger partial charge < -0.3 is 5.11 Å². The first-order valence-electron chi connectivity index (χ1n) is 4.95. The lowest BCUT2D eigenvalue weighted by atomic mass is 9.93. The number of nitro benzene ring substituents is 1. The zero-order valence-electron chi connectivity index (χ0n) is 8.56. The van der Waals surface area contributed by atoms with Gasteiger partial charge in [-0.2, -0.15) is 0 Å². The fourth-order valence-electron chi connectivity index (χ4n) is 1.90. The molecule has 0 bridgehead atoms. The fraction of sp³-hybridized carbons (Fsp3) is 0.455. The third-order valence-electron chi connectivity index (χ3n) is 3.08. The predicted molar refractivity (Wildman–Crippen MR) is 55.8 cm³/mol. The Labute approximate surface area is 87.7 Å². The van der Waals surface area contributed by atoms with E-state index in [9.17, 15) is 15.2 Å². The standard InChI is InChI=1S/C11H13NO3/c1-8-2-3-10(12(14)15)9(6-8)11(7-13)4-5-11/h2-3,6,13H,4-5,7H2,1H3. The Morgan fingerprint density at radius 3 is 2.67 bits per heavy atom. The van der Waals surface area contributed by atoms with Crippen molar-refractivity contribution in [3.63, 3.8) is 0 Å². The van der Waals surface area contributed by atoms with Crippen LogP contribution in [0.3, 0.4) is 0 Å². The summed E-state index contributed by atoms with van der Waals surface area (Å²) < 4.78 is 0. The summed E-state index contributed by atoms with van der Waals surface area (Å²) in [4.78, 5) is 10.5. The van der Waals surface area contributed by atoms with Crippen LogP contribution in [0.4, 0.5) is 5.69 Å². The number of nitro groups is 1. The van der Waals surface area contributed by atoms with Gasteiger partial charge in [0.15, 0.2) is 0 Å². The Morgan fingerprint density at radius 1 is 1.53 bits per heavy atom. The number of aryl methyl sites for hydroxylation is 1. The zero-order chi connectivity index (χ0) is 11.1. The van der Waals surface area contributed by atoms with Gasteiger partial charge in [-0.3, -0.25) is 10.1 Å². The first-order chi connectivity index (χ1) is 7.09. The number of aliphatic hydroxyl groups is 1. The molecule has 1 aliphatic carbocycles. The molecule has 0 unspecified atom stereocenters. The Hall–Kier alpha value is -1.42. The van der Waals surface area contributed by atoms with E-state index in [0.717, 1.165) is 18.4 Å². The van der Waals surface area contributed by atoms with Gasteiger partial charge >= 0.3 is 0 Å². The number of aliphatic hydroxyl groups excluding tert-OH is 1. The molecule has 0 radical (unpaired) electrons. The molecule has 1 saturated carbocycles. The Morgan fingerprint density at radius 2 is 2.20 bits per heavy atom. The van der Waals surface area contributed by atoms with Crippen LogP contribution in [0.5, 0.6) is 0 Å².